The fraction of sp³-hybridized carbons (Fsp3) is 0.231. The molecule has 0 fully saturated rings. The average molecular weight is 242 g/mol. The third-order valence-electron chi connectivity index (χ3n) is 2.86. The Labute approximate surface area is 104 Å². The van der Waals surface area contributed by atoms with Crippen molar-refractivity contribution in [1.82, 2.24) is 14.6 Å². The Bertz CT molecular complexity index is 657. The van der Waals surface area contributed by atoms with E-state index >= 15 is 0 Å². The van der Waals surface area contributed by atoms with Crippen LogP contribution in [0.15, 0.2) is 41.0 Å². The van der Waals surface area contributed by atoms with Crippen molar-refractivity contribution in [3.63, 3.8) is 0 Å². The first-order valence-electron chi connectivity index (χ1n) is 5.86. The lowest BCUT2D eigenvalue weighted by Gasteiger charge is -2.08. The molecule has 0 radical (unpaired) electrons. The Kier molecular flexibility index (Phi) is 2.51. The summed E-state index contributed by atoms with van der Waals surface area (Å²) in [5, 5.41) is 7.64. The molecular formula is C13H14N4O. The maximum atomic E-state index is 5.34. The molecule has 1 N–H and O–H groups in total. The van der Waals surface area contributed by atoms with Crippen molar-refractivity contribution in [2.45, 2.75) is 19.9 Å². The van der Waals surface area contributed by atoms with Crippen molar-refractivity contribution in [3.8, 4) is 0 Å². The van der Waals surface area contributed by atoms with E-state index in [0.29, 0.717) is 5.95 Å². The van der Waals surface area contributed by atoms with E-state index in [9.17, 15) is 0 Å². The zero-order valence-corrected chi connectivity index (χ0v) is 10.3. The van der Waals surface area contributed by atoms with Crippen molar-refractivity contribution < 1.29 is 4.42 Å². The summed E-state index contributed by atoms with van der Waals surface area (Å²) in [6.07, 6.45) is 1.66. The van der Waals surface area contributed by atoms with Gasteiger partial charge < -0.3 is 9.73 Å². The lowest BCUT2D eigenvalue weighted by molar-refractivity contribution is 0.489. The van der Waals surface area contributed by atoms with Gasteiger partial charge in [-0.25, -0.2) is 4.52 Å². The van der Waals surface area contributed by atoms with Crippen LogP contribution < -0.4 is 5.32 Å². The van der Waals surface area contributed by atoms with Crippen LogP contribution in [0.3, 0.4) is 0 Å². The minimum absolute atomic E-state index is 0.0396. The van der Waals surface area contributed by atoms with Crippen LogP contribution in [0.2, 0.25) is 0 Å². The van der Waals surface area contributed by atoms with Gasteiger partial charge in [0.2, 0.25) is 5.95 Å². The Morgan fingerprint density at radius 2 is 2.17 bits per heavy atom. The fourth-order valence-corrected chi connectivity index (χ4v) is 1.90. The second kappa shape index (κ2) is 4.18. The molecule has 0 saturated carbocycles. The zero-order valence-electron chi connectivity index (χ0n) is 10.3. The summed E-state index contributed by atoms with van der Waals surface area (Å²) < 4.78 is 7.16. The molecule has 0 amide bonds. The molecule has 0 aliphatic rings. The van der Waals surface area contributed by atoms with Gasteiger partial charge in [0, 0.05) is 5.69 Å². The van der Waals surface area contributed by atoms with Crippen molar-refractivity contribution in [2.24, 2.45) is 0 Å². The highest BCUT2D eigenvalue weighted by atomic mass is 16.3. The van der Waals surface area contributed by atoms with E-state index in [4.69, 9.17) is 4.42 Å². The summed E-state index contributed by atoms with van der Waals surface area (Å²) in [7, 11) is 0. The van der Waals surface area contributed by atoms with Crippen molar-refractivity contribution in [2.75, 3.05) is 5.32 Å². The van der Waals surface area contributed by atoms with Gasteiger partial charge in [-0.15, -0.1) is 5.10 Å². The van der Waals surface area contributed by atoms with E-state index in [1.165, 1.54) is 0 Å². The number of nitrogens with one attached hydrogen (secondary N) is 1. The number of rotatable bonds is 3. The highest BCUT2D eigenvalue weighted by Gasteiger charge is 2.11. The molecule has 0 bridgehead atoms. The number of furan rings is 1. The highest BCUT2D eigenvalue weighted by molar-refractivity contribution is 5.45. The summed E-state index contributed by atoms with van der Waals surface area (Å²) in [6, 6.07) is 9.74. The largest absolute Gasteiger partial charge is 0.467 e. The molecule has 3 rings (SSSR count). The minimum atomic E-state index is 0.0396. The lowest BCUT2D eigenvalue weighted by Crippen LogP contribution is -2.07. The molecule has 1 unspecified atom stereocenters. The highest BCUT2D eigenvalue weighted by Crippen LogP contribution is 2.17. The molecule has 18 heavy (non-hydrogen) atoms. The number of hydrogen-bond acceptors (Lipinski definition) is 4. The molecule has 5 heteroatoms. The van der Waals surface area contributed by atoms with Crippen LogP contribution in [0.25, 0.3) is 5.65 Å². The van der Waals surface area contributed by atoms with Gasteiger partial charge in [-0.3, -0.25) is 0 Å². The summed E-state index contributed by atoms with van der Waals surface area (Å²) in [5.74, 6) is 1.47. The predicted octanol–water partition coefficient (Wildman–Crippen LogP) is 2.80. The molecule has 0 aromatic carbocycles. The number of fused-ring (bicyclic) bond motifs is 1. The SMILES string of the molecule is Cc1cccc2nc(NC(C)c3ccco3)nn12. The van der Waals surface area contributed by atoms with Crippen LogP contribution in [-0.2, 0) is 0 Å². The molecule has 1 atom stereocenters. The number of nitrogens with zero attached hydrogens (tertiary/aromatic N) is 3. The molecular weight excluding hydrogens is 228 g/mol. The van der Waals surface area contributed by atoms with E-state index in [0.717, 1.165) is 17.1 Å². The van der Waals surface area contributed by atoms with Gasteiger partial charge in [0.15, 0.2) is 5.65 Å². The number of pyridine rings is 1. The normalized spacial score (nSPS) is 12.8. The molecule has 3 aromatic heterocycles. The molecule has 0 spiro atoms. The third kappa shape index (κ3) is 1.84. The number of aryl methyl sites for hydroxylation is 1. The van der Waals surface area contributed by atoms with E-state index in [1.807, 2.05) is 48.7 Å². The van der Waals surface area contributed by atoms with Crippen molar-refractivity contribution >= 4 is 11.6 Å². The maximum Gasteiger partial charge on any atom is 0.243 e. The number of hydrogen-bond donors (Lipinski definition) is 1. The van der Waals surface area contributed by atoms with Crippen LogP contribution in [0, 0.1) is 6.92 Å². The van der Waals surface area contributed by atoms with Gasteiger partial charge in [-0.1, -0.05) is 6.07 Å². The van der Waals surface area contributed by atoms with Crippen LogP contribution in [0.1, 0.15) is 24.4 Å². The van der Waals surface area contributed by atoms with E-state index in [1.54, 1.807) is 6.26 Å². The standard InChI is InChI=1S/C13H14N4O/c1-9-5-3-7-12-15-13(16-17(9)12)14-10(2)11-6-4-8-18-11/h3-8,10H,1-2H3,(H,14,16). The quantitative estimate of drug-likeness (QED) is 0.767. The van der Waals surface area contributed by atoms with Crippen molar-refractivity contribution in [1.29, 1.82) is 0 Å². The van der Waals surface area contributed by atoms with Gasteiger partial charge in [0.1, 0.15) is 5.76 Å². The Morgan fingerprint density at radius 3 is 2.89 bits per heavy atom. The number of anilines is 1. The van der Waals surface area contributed by atoms with Gasteiger partial charge in [0.25, 0.3) is 0 Å². The third-order valence-corrected chi connectivity index (χ3v) is 2.86. The molecule has 0 aliphatic heterocycles. The molecule has 92 valence electrons. The van der Waals surface area contributed by atoms with Crippen LogP contribution in [0.5, 0.6) is 0 Å². The molecule has 3 aromatic rings. The smallest absolute Gasteiger partial charge is 0.243 e. The summed E-state index contributed by atoms with van der Waals surface area (Å²) >= 11 is 0. The summed E-state index contributed by atoms with van der Waals surface area (Å²) in [4.78, 5) is 4.42. The minimum Gasteiger partial charge on any atom is -0.467 e. The summed E-state index contributed by atoms with van der Waals surface area (Å²) in [6.45, 7) is 4.01. The first-order chi connectivity index (χ1) is 8.74. The maximum absolute atomic E-state index is 5.34. The summed E-state index contributed by atoms with van der Waals surface area (Å²) in [5.41, 5.74) is 1.89. The number of aromatic nitrogens is 3. The lowest BCUT2D eigenvalue weighted by atomic mass is 10.2. The van der Waals surface area contributed by atoms with Gasteiger partial charge in [0.05, 0.1) is 12.3 Å². The molecule has 3 heterocycles. The molecule has 0 saturated heterocycles. The van der Waals surface area contributed by atoms with E-state index in [-0.39, 0.29) is 6.04 Å². The van der Waals surface area contributed by atoms with Gasteiger partial charge in [-0.05, 0) is 38.1 Å². The zero-order chi connectivity index (χ0) is 12.5. The fourth-order valence-electron chi connectivity index (χ4n) is 1.90. The first-order valence-corrected chi connectivity index (χ1v) is 5.86. The van der Waals surface area contributed by atoms with E-state index in [2.05, 4.69) is 15.4 Å². The van der Waals surface area contributed by atoms with Crippen LogP contribution in [0.4, 0.5) is 5.95 Å². The van der Waals surface area contributed by atoms with Crippen LogP contribution in [-0.4, -0.2) is 14.6 Å². The Hall–Kier alpha value is -2.30. The van der Waals surface area contributed by atoms with Gasteiger partial charge in [-0.2, -0.15) is 4.98 Å². The second-order valence-corrected chi connectivity index (χ2v) is 4.25. The predicted molar refractivity (Wildman–Crippen MR) is 68.5 cm³/mol. The Balaban J connectivity index is 1.89. The second-order valence-electron chi connectivity index (χ2n) is 4.25. The topological polar surface area (TPSA) is 55.4 Å². The van der Waals surface area contributed by atoms with E-state index < -0.39 is 0 Å². The monoisotopic (exact) mass is 242 g/mol. The first kappa shape index (κ1) is 10.8. The Morgan fingerprint density at radius 1 is 1.28 bits per heavy atom. The molecule has 5 nitrogen and oxygen atoms in total. The molecule has 0 aliphatic carbocycles. The van der Waals surface area contributed by atoms with Crippen molar-refractivity contribution in [3.05, 3.63) is 48.0 Å². The van der Waals surface area contributed by atoms with Crippen LogP contribution >= 0.6 is 0 Å². The van der Waals surface area contributed by atoms with Gasteiger partial charge >= 0.3 is 0 Å². The average Bonchev–Trinajstić information content (AvgIpc) is 2.97.